The summed E-state index contributed by atoms with van der Waals surface area (Å²) in [5.41, 5.74) is 0. The predicted molar refractivity (Wildman–Crippen MR) is 66.5 cm³/mol. The third-order valence-corrected chi connectivity index (χ3v) is 2.52. The molecule has 0 aromatic rings. The van der Waals surface area contributed by atoms with Gasteiger partial charge < -0.3 is 20.2 Å². The van der Waals surface area contributed by atoms with Crippen molar-refractivity contribution in [2.24, 2.45) is 0 Å². The largest absolute Gasteiger partial charge is 0.490 e. The van der Waals surface area contributed by atoms with Crippen molar-refractivity contribution in [2.45, 2.75) is 19.5 Å². The van der Waals surface area contributed by atoms with Gasteiger partial charge in [-0.1, -0.05) is 6.92 Å². The SMILES string of the molecule is CCCN(C)C(=O)N1CCNCC1.O=C(O)C(F)(F)F. The number of carbonyl (C=O) groups is 2. The highest BCUT2D eigenvalue weighted by atomic mass is 19.4. The number of carboxylic acid groups (broad SMARTS) is 1. The van der Waals surface area contributed by atoms with E-state index >= 15 is 0 Å². The van der Waals surface area contributed by atoms with Crippen LogP contribution in [0.2, 0.25) is 0 Å². The molecule has 0 spiro atoms. The number of carbonyl (C=O) groups excluding carboxylic acids is 1. The van der Waals surface area contributed by atoms with Crippen molar-refractivity contribution in [2.75, 3.05) is 39.8 Å². The molecule has 0 aromatic heterocycles. The van der Waals surface area contributed by atoms with Crippen LogP contribution in [0.15, 0.2) is 0 Å². The van der Waals surface area contributed by atoms with Crippen LogP contribution < -0.4 is 5.32 Å². The van der Waals surface area contributed by atoms with Crippen molar-refractivity contribution in [3.05, 3.63) is 0 Å². The zero-order chi connectivity index (χ0) is 15.8. The predicted octanol–water partition coefficient (Wildman–Crippen LogP) is 0.987. The molecule has 1 aliphatic heterocycles. The molecule has 0 unspecified atom stereocenters. The Bertz CT molecular complexity index is 318. The number of urea groups is 1. The minimum Gasteiger partial charge on any atom is -0.475 e. The smallest absolute Gasteiger partial charge is 0.475 e. The van der Waals surface area contributed by atoms with Gasteiger partial charge in [0.15, 0.2) is 0 Å². The second-order valence-corrected chi connectivity index (χ2v) is 4.24. The summed E-state index contributed by atoms with van der Waals surface area (Å²) < 4.78 is 31.7. The van der Waals surface area contributed by atoms with E-state index in [0.29, 0.717) is 0 Å². The molecule has 1 saturated heterocycles. The summed E-state index contributed by atoms with van der Waals surface area (Å²) in [5.74, 6) is -2.76. The standard InChI is InChI=1S/C9H19N3O.C2HF3O2/c1-3-6-11(2)9(13)12-7-4-10-5-8-12;3-2(4,5)1(6)7/h10H,3-8H2,1-2H3;(H,6,7). The molecule has 1 fully saturated rings. The van der Waals surface area contributed by atoms with E-state index < -0.39 is 12.1 Å². The highest BCUT2D eigenvalue weighted by Crippen LogP contribution is 2.13. The molecule has 9 heteroatoms. The quantitative estimate of drug-likeness (QED) is 0.797. The number of nitrogens with zero attached hydrogens (tertiary/aromatic N) is 2. The highest BCUT2D eigenvalue weighted by molar-refractivity contribution is 5.74. The Kier molecular flexibility index (Phi) is 7.97. The summed E-state index contributed by atoms with van der Waals surface area (Å²) in [6.45, 7) is 6.46. The zero-order valence-electron chi connectivity index (χ0n) is 11.5. The Hall–Kier alpha value is -1.51. The van der Waals surface area contributed by atoms with Gasteiger partial charge in [-0.3, -0.25) is 0 Å². The maximum Gasteiger partial charge on any atom is 0.490 e. The van der Waals surface area contributed by atoms with Gasteiger partial charge in [-0.15, -0.1) is 0 Å². The Morgan fingerprint density at radius 3 is 2.10 bits per heavy atom. The fourth-order valence-corrected chi connectivity index (χ4v) is 1.53. The highest BCUT2D eigenvalue weighted by Gasteiger charge is 2.38. The lowest BCUT2D eigenvalue weighted by molar-refractivity contribution is -0.192. The second kappa shape index (κ2) is 8.62. The van der Waals surface area contributed by atoms with Gasteiger partial charge in [-0.2, -0.15) is 13.2 Å². The van der Waals surface area contributed by atoms with Gasteiger partial charge in [0.2, 0.25) is 0 Å². The van der Waals surface area contributed by atoms with E-state index in [1.165, 1.54) is 0 Å². The average molecular weight is 299 g/mol. The van der Waals surface area contributed by atoms with Crippen LogP contribution >= 0.6 is 0 Å². The number of carboxylic acids is 1. The Morgan fingerprint density at radius 1 is 1.30 bits per heavy atom. The van der Waals surface area contributed by atoms with Crippen LogP contribution in [0.25, 0.3) is 0 Å². The number of hydrogen-bond acceptors (Lipinski definition) is 3. The van der Waals surface area contributed by atoms with Crippen molar-refractivity contribution in [3.8, 4) is 0 Å². The Morgan fingerprint density at radius 2 is 1.75 bits per heavy atom. The van der Waals surface area contributed by atoms with E-state index in [2.05, 4.69) is 12.2 Å². The molecular formula is C11H20F3N3O3. The zero-order valence-corrected chi connectivity index (χ0v) is 11.5. The van der Waals surface area contributed by atoms with Crippen LogP contribution in [0.5, 0.6) is 0 Å². The monoisotopic (exact) mass is 299 g/mol. The molecule has 1 heterocycles. The normalized spacial score (nSPS) is 15.2. The minimum absolute atomic E-state index is 0.170. The van der Waals surface area contributed by atoms with Gasteiger partial charge in [0, 0.05) is 39.8 Å². The summed E-state index contributed by atoms with van der Waals surface area (Å²) in [5, 5.41) is 10.4. The fourth-order valence-electron chi connectivity index (χ4n) is 1.53. The Labute approximate surface area is 115 Å². The van der Waals surface area contributed by atoms with Crippen LogP contribution in [0.1, 0.15) is 13.3 Å². The first-order chi connectivity index (χ1) is 9.20. The first-order valence-corrected chi connectivity index (χ1v) is 6.21. The average Bonchev–Trinajstić information content (AvgIpc) is 2.38. The molecule has 0 radical (unpaired) electrons. The summed E-state index contributed by atoms with van der Waals surface area (Å²) in [6.07, 6.45) is -4.06. The molecule has 0 saturated carbocycles. The van der Waals surface area contributed by atoms with Crippen molar-refractivity contribution in [3.63, 3.8) is 0 Å². The van der Waals surface area contributed by atoms with E-state index in [4.69, 9.17) is 9.90 Å². The molecule has 20 heavy (non-hydrogen) atoms. The molecular weight excluding hydrogens is 279 g/mol. The van der Waals surface area contributed by atoms with E-state index in [1.54, 1.807) is 4.90 Å². The first kappa shape index (κ1) is 18.5. The third-order valence-electron chi connectivity index (χ3n) is 2.52. The second-order valence-electron chi connectivity index (χ2n) is 4.24. The van der Waals surface area contributed by atoms with Gasteiger partial charge in [-0.05, 0) is 6.42 Å². The molecule has 6 nitrogen and oxygen atoms in total. The molecule has 2 amide bonds. The maximum atomic E-state index is 11.7. The van der Waals surface area contributed by atoms with E-state index in [1.807, 2.05) is 11.9 Å². The molecule has 2 N–H and O–H groups in total. The first-order valence-electron chi connectivity index (χ1n) is 6.21. The van der Waals surface area contributed by atoms with Crippen LogP contribution in [-0.4, -0.2) is 72.9 Å². The lowest BCUT2D eigenvalue weighted by Gasteiger charge is -2.31. The summed E-state index contributed by atoms with van der Waals surface area (Å²) in [6, 6.07) is 0.170. The van der Waals surface area contributed by atoms with Gasteiger partial charge in [0.1, 0.15) is 0 Å². The molecule has 118 valence electrons. The maximum absolute atomic E-state index is 11.7. The van der Waals surface area contributed by atoms with Crippen molar-refractivity contribution in [1.29, 1.82) is 0 Å². The lowest BCUT2D eigenvalue weighted by atomic mass is 10.4. The molecule has 0 atom stereocenters. The van der Waals surface area contributed by atoms with E-state index in [-0.39, 0.29) is 6.03 Å². The number of alkyl halides is 3. The molecule has 0 aliphatic carbocycles. The molecule has 0 aromatic carbocycles. The van der Waals surface area contributed by atoms with Crippen molar-refractivity contribution < 1.29 is 27.9 Å². The number of aliphatic carboxylic acids is 1. The third kappa shape index (κ3) is 7.17. The molecule has 1 aliphatic rings. The number of rotatable bonds is 2. The van der Waals surface area contributed by atoms with E-state index in [0.717, 1.165) is 39.1 Å². The number of nitrogens with one attached hydrogen (secondary N) is 1. The van der Waals surface area contributed by atoms with Crippen molar-refractivity contribution >= 4 is 12.0 Å². The Balaban J connectivity index is 0.000000441. The van der Waals surface area contributed by atoms with Crippen LogP contribution in [0.4, 0.5) is 18.0 Å². The molecule has 1 rings (SSSR count). The summed E-state index contributed by atoms with van der Waals surface area (Å²) in [7, 11) is 1.87. The number of amides is 2. The number of piperazine rings is 1. The van der Waals surface area contributed by atoms with Gasteiger partial charge in [0.25, 0.3) is 0 Å². The van der Waals surface area contributed by atoms with E-state index in [9.17, 15) is 18.0 Å². The summed E-state index contributed by atoms with van der Waals surface area (Å²) in [4.78, 5) is 24.3. The topological polar surface area (TPSA) is 72.9 Å². The molecule has 0 bridgehead atoms. The summed E-state index contributed by atoms with van der Waals surface area (Å²) >= 11 is 0. The van der Waals surface area contributed by atoms with Crippen LogP contribution in [0.3, 0.4) is 0 Å². The van der Waals surface area contributed by atoms with Gasteiger partial charge in [0.05, 0.1) is 0 Å². The van der Waals surface area contributed by atoms with Crippen LogP contribution in [0, 0.1) is 0 Å². The minimum atomic E-state index is -5.08. The fraction of sp³-hybridized carbons (Fsp3) is 0.818. The number of halogens is 3. The van der Waals surface area contributed by atoms with Gasteiger partial charge >= 0.3 is 18.2 Å². The van der Waals surface area contributed by atoms with Crippen LogP contribution in [-0.2, 0) is 4.79 Å². The number of hydrogen-bond donors (Lipinski definition) is 2. The van der Waals surface area contributed by atoms with Crippen molar-refractivity contribution in [1.82, 2.24) is 15.1 Å². The van der Waals surface area contributed by atoms with Gasteiger partial charge in [-0.25, -0.2) is 9.59 Å². The lowest BCUT2D eigenvalue weighted by Crippen LogP contribution is -2.50.